The molecule has 0 aromatic heterocycles. The van der Waals surface area contributed by atoms with E-state index in [9.17, 15) is 5.11 Å². The molecule has 16 heavy (non-hydrogen) atoms. The molecule has 2 rings (SSSR count). The molecule has 2 aliphatic carbocycles. The Hall–Kier alpha value is -0.0800. The highest BCUT2D eigenvalue weighted by atomic mass is 16.5. The maximum Gasteiger partial charge on any atom is 0.0681 e. The smallest absolute Gasteiger partial charge is 0.0681 e. The van der Waals surface area contributed by atoms with Gasteiger partial charge < -0.3 is 9.84 Å². The first-order chi connectivity index (χ1) is 7.56. The third-order valence-corrected chi connectivity index (χ3v) is 5.02. The van der Waals surface area contributed by atoms with Crippen LogP contribution in [0, 0.1) is 11.3 Å². The normalized spacial score (nSPS) is 48.8. The summed E-state index contributed by atoms with van der Waals surface area (Å²) in [6.07, 6.45) is 7.51. The summed E-state index contributed by atoms with van der Waals surface area (Å²) in [6.45, 7) is 6.65. The predicted molar refractivity (Wildman–Crippen MR) is 65.3 cm³/mol. The zero-order chi connectivity index (χ0) is 11.8. The molecule has 94 valence electrons. The molecular weight excluding hydrogens is 200 g/mol. The summed E-state index contributed by atoms with van der Waals surface area (Å²) in [7, 11) is 0. The van der Waals surface area contributed by atoms with Crippen LogP contribution in [0.1, 0.15) is 59.3 Å². The maximum atomic E-state index is 9.83. The Labute approximate surface area is 99.4 Å². The zero-order valence-corrected chi connectivity index (χ0v) is 10.9. The lowest BCUT2D eigenvalue weighted by molar-refractivity contribution is -0.208. The van der Waals surface area contributed by atoms with Gasteiger partial charge in [0, 0.05) is 11.8 Å². The van der Waals surface area contributed by atoms with Crippen molar-refractivity contribution in [2.75, 3.05) is 0 Å². The summed E-state index contributed by atoms with van der Waals surface area (Å²) >= 11 is 0. The van der Waals surface area contributed by atoms with Gasteiger partial charge in [-0.25, -0.2) is 0 Å². The monoisotopic (exact) mass is 226 g/mol. The van der Waals surface area contributed by atoms with Crippen molar-refractivity contribution >= 4 is 0 Å². The van der Waals surface area contributed by atoms with Gasteiger partial charge in [0.15, 0.2) is 0 Å². The van der Waals surface area contributed by atoms with Crippen molar-refractivity contribution < 1.29 is 9.84 Å². The van der Waals surface area contributed by atoms with Gasteiger partial charge in [0.1, 0.15) is 0 Å². The van der Waals surface area contributed by atoms with Crippen LogP contribution in [-0.4, -0.2) is 23.4 Å². The van der Waals surface area contributed by atoms with E-state index in [1.807, 2.05) is 0 Å². The van der Waals surface area contributed by atoms with Crippen LogP contribution in [0.25, 0.3) is 0 Å². The lowest BCUT2D eigenvalue weighted by Crippen LogP contribution is -2.57. The SMILES string of the molecule is CCC1(C)C(O)CC1OC1CCC(C)CC1. The Kier molecular flexibility index (Phi) is 3.60. The zero-order valence-electron chi connectivity index (χ0n) is 10.9. The molecule has 3 atom stereocenters. The second-order valence-electron chi connectivity index (χ2n) is 6.12. The average Bonchev–Trinajstić information content (AvgIpc) is 2.30. The highest BCUT2D eigenvalue weighted by molar-refractivity contribution is 5.01. The molecule has 0 heterocycles. The average molecular weight is 226 g/mol. The van der Waals surface area contributed by atoms with Crippen molar-refractivity contribution in [2.24, 2.45) is 11.3 Å². The molecule has 0 bridgehead atoms. The number of aliphatic hydroxyl groups excluding tert-OH is 1. The van der Waals surface area contributed by atoms with Gasteiger partial charge in [0.05, 0.1) is 18.3 Å². The van der Waals surface area contributed by atoms with Crippen LogP contribution >= 0.6 is 0 Å². The summed E-state index contributed by atoms with van der Waals surface area (Å²) in [5.74, 6) is 0.879. The summed E-state index contributed by atoms with van der Waals surface area (Å²) < 4.78 is 6.19. The molecule has 1 N–H and O–H groups in total. The van der Waals surface area contributed by atoms with E-state index in [-0.39, 0.29) is 11.5 Å². The van der Waals surface area contributed by atoms with Crippen molar-refractivity contribution in [2.45, 2.75) is 77.6 Å². The number of aliphatic hydroxyl groups is 1. The molecule has 2 fully saturated rings. The second kappa shape index (κ2) is 4.66. The third-order valence-electron chi connectivity index (χ3n) is 5.02. The first-order valence-electron chi connectivity index (χ1n) is 6.89. The van der Waals surface area contributed by atoms with Gasteiger partial charge in [-0.2, -0.15) is 0 Å². The molecule has 0 aromatic carbocycles. The second-order valence-corrected chi connectivity index (χ2v) is 6.12. The summed E-state index contributed by atoms with van der Waals surface area (Å²) in [5.41, 5.74) is 0.0169. The van der Waals surface area contributed by atoms with E-state index < -0.39 is 0 Å². The molecule has 2 heteroatoms. The summed E-state index contributed by atoms with van der Waals surface area (Å²) in [6, 6.07) is 0. The van der Waals surface area contributed by atoms with Crippen LogP contribution in [0.4, 0.5) is 0 Å². The molecule has 0 spiro atoms. The van der Waals surface area contributed by atoms with Crippen LogP contribution in [0.5, 0.6) is 0 Å². The van der Waals surface area contributed by atoms with Crippen LogP contribution in [0.2, 0.25) is 0 Å². The first-order valence-corrected chi connectivity index (χ1v) is 6.89. The quantitative estimate of drug-likeness (QED) is 0.801. The third kappa shape index (κ3) is 2.14. The van der Waals surface area contributed by atoms with E-state index >= 15 is 0 Å². The molecular formula is C14H26O2. The van der Waals surface area contributed by atoms with Crippen molar-refractivity contribution in [1.82, 2.24) is 0 Å². The van der Waals surface area contributed by atoms with Gasteiger partial charge in [0.25, 0.3) is 0 Å². The van der Waals surface area contributed by atoms with E-state index in [2.05, 4.69) is 20.8 Å². The number of ether oxygens (including phenoxy) is 1. The Balaban J connectivity index is 1.82. The van der Waals surface area contributed by atoms with Crippen LogP contribution in [0.3, 0.4) is 0 Å². The number of hydrogen-bond donors (Lipinski definition) is 1. The van der Waals surface area contributed by atoms with Gasteiger partial charge in [-0.3, -0.25) is 0 Å². The van der Waals surface area contributed by atoms with Gasteiger partial charge in [-0.15, -0.1) is 0 Å². The highest BCUT2D eigenvalue weighted by Gasteiger charge is 2.51. The Morgan fingerprint density at radius 2 is 1.88 bits per heavy atom. The van der Waals surface area contributed by atoms with Crippen LogP contribution in [-0.2, 0) is 4.74 Å². The van der Waals surface area contributed by atoms with Crippen molar-refractivity contribution in [3.63, 3.8) is 0 Å². The standard InChI is InChI=1S/C14H26O2/c1-4-14(3)12(15)9-13(14)16-11-7-5-10(2)6-8-11/h10-13,15H,4-9H2,1-3H3. The molecule has 0 saturated heterocycles. The van der Waals surface area contributed by atoms with Crippen molar-refractivity contribution in [3.8, 4) is 0 Å². The Morgan fingerprint density at radius 3 is 2.38 bits per heavy atom. The fourth-order valence-electron chi connectivity index (χ4n) is 3.07. The van der Waals surface area contributed by atoms with E-state index in [4.69, 9.17) is 4.74 Å². The van der Waals surface area contributed by atoms with Crippen molar-refractivity contribution in [3.05, 3.63) is 0 Å². The fraction of sp³-hybridized carbons (Fsp3) is 1.00. The van der Waals surface area contributed by atoms with Gasteiger partial charge in [-0.1, -0.05) is 20.8 Å². The van der Waals surface area contributed by atoms with E-state index in [1.165, 1.54) is 25.7 Å². The molecule has 3 unspecified atom stereocenters. The molecule has 0 amide bonds. The molecule has 2 saturated carbocycles. The van der Waals surface area contributed by atoms with E-state index in [0.29, 0.717) is 12.2 Å². The minimum absolute atomic E-state index is 0.0169. The first kappa shape index (κ1) is 12.4. The Bertz CT molecular complexity index is 233. The fourth-order valence-corrected chi connectivity index (χ4v) is 3.07. The summed E-state index contributed by atoms with van der Waals surface area (Å²) in [4.78, 5) is 0. The molecule has 2 aliphatic rings. The van der Waals surface area contributed by atoms with Gasteiger partial charge in [-0.05, 0) is 38.0 Å². The number of rotatable bonds is 3. The molecule has 0 aromatic rings. The minimum Gasteiger partial charge on any atom is -0.392 e. The topological polar surface area (TPSA) is 29.5 Å². The molecule has 0 aliphatic heterocycles. The van der Waals surface area contributed by atoms with E-state index in [1.54, 1.807) is 0 Å². The van der Waals surface area contributed by atoms with Crippen LogP contribution in [0.15, 0.2) is 0 Å². The maximum absolute atomic E-state index is 9.83. The predicted octanol–water partition coefficient (Wildman–Crippen LogP) is 3.13. The van der Waals surface area contributed by atoms with Gasteiger partial charge >= 0.3 is 0 Å². The number of hydrogen-bond acceptors (Lipinski definition) is 2. The highest BCUT2D eigenvalue weighted by Crippen LogP contribution is 2.47. The minimum atomic E-state index is -0.148. The van der Waals surface area contributed by atoms with E-state index in [0.717, 1.165) is 18.8 Å². The lowest BCUT2D eigenvalue weighted by Gasteiger charge is -2.52. The lowest BCUT2D eigenvalue weighted by atomic mass is 9.63. The molecule has 2 nitrogen and oxygen atoms in total. The molecule has 0 radical (unpaired) electrons. The largest absolute Gasteiger partial charge is 0.392 e. The summed E-state index contributed by atoms with van der Waals surface area (Å²) in [5, 5.41) is 9.83. The van der Waals surface area contributed by atoms with Crippen molar-refractivity contribution in [1.29, 1.82) is 0 Å². The Morgan fingerprint density at radius 1 is 1.25 bits per heavy atom. The van der Waals surface area contributed by atoms with Gasteiger partial charge in [0.2, 0.25) is 0 Å². The van der Waals surface area contributed by atoms with Crippen LogP contribution < -0.4 is 0 Å².